The predicted octanol–water partition coefficient (Wildman–Crippen LogP) is 3.69. The van der Waals surface area contributed by atoms with Crippen molar-refractivity contribution in [2.24, 2.45) is 0 Å². The number of ether oxygens (including phenoxy) is 1. The van der Waals surface area contributed by atoms with Crippen molar-refractivity contribution in [1.29, 1.82) is 0 Å². The summed E-state index contributed by atoms with van der Waals surface area (Å²) in [6.07, 6.45) is 9.14. The summed E-state index contributed by atoms with van der Waals surface area (Å²) in [6.45, 7) is 2.90. The van der Waals surface area contributed by atoms with E-state index in [0.717, 1.165) is 38.7 Å². The average molecular weight is 256 g/mol. The van der Waals surface area contributed by atoms with Crippen molar-refractivity contribution in [2.45, 2.75) is 71.1 Å². The van der Waals surface area contributed by atoms with Crippen molar-refractivity contribution in [3.8, 4) is 0 Å². The molecule has 0 rings (SSSR count). The van der Waals surface area contributed by atoms with E-state index in [4.69, 9.17) is 4.74 Å². The number of hydrogen-bond acceptors (Lipinski definition) is 3. The van der Waals surface area contributed by atoms with Crippen LogP contribution in [0.5, 0.6) is 0 Å². The second-order valence-electron chi connectivity index (χ2n) is 4.81. The molecular weight excluding hydrogens is 228 g/mol. The second-order valence-corrected chi connectivity index (χ2v) is 4.81. The fourth-order valence-electron chi connectivity index (χ4n) is 1.88. The zero-order valence-electron chi connectivity index (χ0n) is 12.0. The lowest BCUT2D eigenvalue weighted by atomic mass is 10.0. The van der Waals surface area contributed by atoms with Gasteiger partial charge in [-0.15, -0.1) is 0 Å². The summed E-state index contributed by atoms with van der Waals surface area (Å²) < 4.78 is 4.93. The maximum atomic E-state index is 11.5. The molecule has 0 unspecified atom stereocenters. The lowest BCUT2D eigenvalue weighted by molar-refractivity contribution is -0.136. The Hall–Kier alpha value is -0.700. The smallest absolute Gasteiger partial charge is 0.198 e. The fraction of sp³-hybridized carbons (Fsp3) is 0.867. The van der Waals surface area contributed by atoms with Crippen molar-refractivity contribution in [1.82, 2.24) is 0 Å². The van der Waals surface area contributed by atoms with Crippen LogP contribution in [0.3, 0.4) is 0 Å². The highest BCUT2D eigenvalue weighted by molar-refractivity contribution is 6.37. The van der Waals surface area contributed by atoms with Gasteiger partial charge in [-0.05, 0) is 19.3 Å². The number of carbonyl (C=O) groups is 2. The predicted molar refractivity (Wildman–Crippen MR) is 73.7 cm³/mol. The summed E-state index contributed by atoms with van der Waals surface area (Å²) >= 11 is 0. The zero-order chi connectivity index (χ0) is 13.6. The Bertz CT molecular complexity index is 200. The molecule has 0 fully saturated rings. The molecule has 0 N–H and O–H groups in total. The lowest BCUT2D eigenvalue weighted by Gasteiger charge is -2.01. The Kier molecular flexibility index (Phi) is 12.3. The number of rotatable bonds is 13. The molecule has 0 amide bonds. The number of ketones is 2. The maximum absolute atomic E-state index is 11.5. The summed E-state index contributed by atoms with van der Waals surface area (Å²) in [5.41, 5.74) is 0. The normalized spacial score (nSPS) is 10.6. The summed E-state index contributed by atoms with van der Waals surface area (Å²) in [7, 11) is 1.67. The third-order valence-corrected chi connectivity index (χ3v) is 3.07. The third kappa shape index (κ3) is 10.5. The summed E-state index contributed by atoms with van der Waals surface area (Å²) in [4.78, 5) is 23.0. The summed E-state index contributed by atoms with van der Waals surface area (Å²) in [6, 6.07) is 0. The molecule has 0 aliphatic carbocycles. The molecule has 0 heterocycles. The molecule has 3 heteroatoms. The Morgan fingerprint density at radius 2 is 1.28 bits per heavy atom. The Morgan fingerprint density at radius 3 is 1.78 bits per heavy atom. The van der Waals surface area contributed by atoms with E-state index >= 15 is 0 Å². The molecule has 0 aromatic rings. The van der Waals surface area contributed by atoms with E-state index in [1.165, 1.54) is 19.3 Å². The van der Waals surface area contributed by atoms with Crippen LogP contribution in [0.15, 0.2) is 0 Å². The molecule has 0 aliphatic rings. The number of carbonyl (C=O) groups excluding carboxylic acids is 2. The zero-order valence-corrected chi connectivity index (χ0v) is 12.0. The molecule has 0 saturated carbocycles. The van der Waals surface area contributed by atoms with Crippen LogP contribution in [-0.4, -0.2) is 25.3 Å². The van der Waals surface area contributed by atoms with Gasteiger partial charge in [-0.25, -0.2) is 0 Å². The molecule has 0 radical (unpaired) electrons. The van der Waals surface area contributed by atoms with Crippen LogP contribution < -0.4 is 0 Å². The topological polar surface area (TPSA) is 43.4 Å². The van der Waals surface area contributed by atoms with E-state index < -0.39 is 0 Å². The number of Topliss-reactive ketones (excluding diaryl/α,β-unsaturated/α-hetero) is 2. The minimum absolute atomic E-state index is 0.168. The van der Waals surface area contributed by atoms with Crippen LogP contribution in [0.25, 0.3) is 0 Å². The highest BCUT2D eigenvalue weighted by atomic mass is 16.5. The van der Waals surface area contributed by atoms with Crippen molar-refractivity contribution in [3.05, 3.63) is 0 Å². The maximum Gasteiger partial charge on any atom is 0.198 e. The number of hydrogen-bond donors (Lipinski definition) is 0. The molecule has 106 valence electrons. The van der Waals surface area contributed by atoms with Crippen LogP contribution in [0, 0.1) is 0 Å². The molecule has 0 aromatic carbocycles. The van der Waals surface area contributed by atoms with E-state index in [1.807, 2.05) is 0 Å². The van der Waals surface area contributed by atoms with Crippen LogP contribution in [0.4, 0.5) is 0 Å². The molecule has 0 aliphatic heterocycles. The first-order valence-electron chi connectivity index (χ1n) is 7.27. The van der Waals surface area contributed by atoms with E-state index in [9.17, 15) is 9.59 Å². The first-order valence-corrected chi connectivity index (χ1v) is 7.27. The Labute approximate surface area is 111 Å². The highest BCUT2D eigenvalue weighted by Crippen LogP contribution is 2.07. The standard InChI is InChI=1S/C15H28O3/c1-3-4-5-6-8-11-14(16)15(17)12-9-7-10-13-18-2/h3-13H2,1-2H3. The van der Waals surface area contributed by atoms with E-state index in [2.05, 4.69) is 6.92 Å². The van der Waals surface area contributed by atoms with E-state index in [0.29, 0.717) is 12.8 Å². The first-order chi connectivity index (χ1) is 8.72. The molecule has 0 spiro atoms. The van der Waals surface area contributed by atoms with Crippen molar-refractivity contribution in [3.63, 3.8) is 0 Å². The van der Waals surface area contributed by atoms with E-state index in [1.54, 1.807) is 7.11 Å². The van der Waals surface area contributed by atoms with Gasteiger partial charge in [0, 0.05) is 26.6 Å². The monoisotopic (exact) mass is 256 g/mol. The SMILES string of the molecule is CCCCCCCC(=O)C(=O)CCCCCOC. The molecule has 0 aromatic heterocycles. The third-order valence-electron chi connectivity index (χ3n) is 3.07. The van der Waals surface area contributed by atoms with Crippen LogP contribution in [0.1, 0.15) is 71.1 Å². The van der Waals surface area contributed by atoms with Crippen LogP contribution >= 0.6 is 0 Å². The Balaban J connectivity index is 3.43. The molecular formula is C15H28O3. The highest BCUT2D eigenvalue weighted by Gasteiger charge is 2.12. The van der Waals surface area contributed by atoms with Gasteiger partial charge in [0.15, 0.2) is 11.6 Å². The minimum atomic E-state index is -0.178. The van der Waals surface area contributed by atoms with Gasteiger partial charge in [-0.1, -0.05) is 39.0 Å². The van der Waals surface area contributed by atoms with Gasteiger partial charge in [-0.3, -0.25) is 9.59 Å². The minimum Gasteiger partial charge on any atom is -0.385 e. The largest absolute Gasteiger partial charge is 0.385 e. The van der Waals surface area contributed by atoms with Gasteiger partial charge in [-0.2, -0.15) is 0 Å². The van der Waals surface area contributed by atoms with Gasteiger partial charge in [0.25, 0.3) is 0 Å². The molecule has 0 saturated heterocycles. The average Bonchev–Trinajstić information content (AvgIpc) is 2.37. The van der Waals surface area contributed by atoms with Gasteiger partial charge in [0.1, 0.15) is 0 Å². The number of methoxy groups -OCH3 is 1. The fourth-order valence-corrected chi connectivity index (χ4v) is 1.88. The molecule has 0 bridgehead atoms. The summed E-state index contributed by atoms with van der Waals surface area (Å²) in [5.74, 6) is -0.346. The summed E-state index contributed by atoms with van der Waals surface area (Å²) in [5, 5.41) is 0. The van der Waals surface area contributed by atoms with Crippen molar-refractivity contribution >= 4 is 11.6 Å². The molecule has 18 heavy (non-hydrogen) atoms. The molecule has 3 nitrogen and oxygen atoms in total. The van der Waals surface area contributed by atoms with Gasteiger partial charge in [0.05, 0.1) is 0 Å². The van der Waals surface area contributed by atoms with Crippen molar-refractivity contribution < 1.29 is 14.3 Å². The van der Waals surface area contributed by atoms with Crippen LogP contribution in [-0.2, 0) is 14.3 Å². The Morgan fingerprint density at radius 1 is 0.778 bits per heavy atom. The number of unbranched alkanes of at least 4 members (excludes halogenated alkanes) is 6. The molecule has 0 atom stereocenters. The first kappa shape index (κ1) is 17.3. The van der Waals surface area contributed by atoms with Gasteiger partial charge < -0.3 is 4.74 Å². The van der Waals surface area contributed by atoms with Crippen molar-refractivity contribution in [2.75, 3.05) is 13.7 Å². The van der Waals surface area contributed by atoms with Gasteiger partial charge in [0.2, 0.25) is 0 Å². The lowest BCUT2D eigenvalue weighted by Crippen LogP contribution is -2.13. The van der Waals surface area contributed by atoms with E-state index in [-0.39, 0.29) is 11.6 Å². The van der Waals surface area contributed by atoms with Crippen LogP contribution in [0.2, 0.25) is 0 Å². The quantitative estimate of drug-likeness (QED) is 0.373. The van der Waals surface area contributed by atoms with Gasteiger partial charge >= 0.3 is 0 Å². The second kappa shape index (κ2) is 12.7.